The maximum Gasteiger partial charge on any atom is 0.225 e. The van der Waals surface area contributed by atoms with Gasteiger partial charge in [-0.1, -0.05) is 13.8 Å². The molecule has 0 rings (SSSR count). The maximum absolute atomic E-state index is 11.7. The maximum atomic E-state index is 11.7. The van der Waals surface area contributed by atoms with Gasteiger partial charge in [0.25, 0.3) is 0 Å². The van der Waals surface area contributed by atoms with Crippen molar-refractivity contribution in [1.29, 1.82) is 0 Å². The van der Waals surface area contributed by atoms with E-state index >= 15 is 0 Å². The molecule has 14 heavy (non-hydrogen) atoms. The molecule has 0 aromatic rings. The monoisotopic (exact) mass is 203 g/mol. The normalized spacial score (nSPS) is 10.6. The number of amides is 1. The summed E-state index contributed by atoms with van der Waals surface area (Å²) in [5.74, 6) is 0.183. The van der Waals surface area contributed by atoms with Gasteiger partial charge in [-0.05, 0) is 0 Å². The number of rotatable bonds is 7. The molecule has 0 aromatic carbocycles. The van der Waals surface area contributed by atoms with E-state index in [0.717, 1.165) is 0 Å². The van der Waals surface area contributed by atoms with Crippen LogP contribution in [0.5, 0.6) is 0 Å². The summed E-state index contributed by atoms with van der Waals surface area (Å²) in [6, 6.07) is 0. The largest absolute Gasteiger partial charge is 0.383 e. The highest BCUT2D eigenvalue weighted by molar-refractivity contribution is 5.78. The van der Waals surface area contributed by atoms with Crippen LogP contribution in [-0.2, 0) is 14.3 Å². The van der Waals surface area contributed by atoms with E-state index in [0.29, 0.717) is 26.3 Å². The molecule has 0 heterocycles. The van der Waals surface area contributed by atoms with E-state index in [1.165, 1.54) is 0 Å². The van der Waals surface area contributed by atoms with E-state index in [1.54, 1.807) is 19.1 Å². The van der Waals surface area contributed by atoms with E-state index in [2.05, 4.69) is 0 Å². The Hall–Kier alpha value is -0.610. The molecule has 4 nitrogen and oxygen atoms in total. The summed E-state index contributed by atoms with van der Waals surface area (Å²) in [5.41, 5.74) is 0. The fraction of sp³-hybridized carbons (Fsp3) is 0.900. The van der Waals surface area contributed by atoms with E-state index in [4.69, 9.17) is 9.47 Å². The van der Waals surface area contributed by atoms with Crippen molar-refractivity contribution < 1.29 is 14.3 Å². The van der Waals surface area contributed by atoms with Gasteiger partial charge in [0.15, 0.2) is 0 Å². The molecule has 0 aliphatic heterocycles. The third-order valence-electron chi connectivity index (χ3n) is 1.94. The zero-order chi connectivity index (χ0) is 11.0. The first-order valence-corrected chi connectivity index (χ1v) is 4.90. The standard InChI is InChI=1S/C10H21NO3/c1-9(2)10(12)11(5-7-13-3)6-8-14-4/h9H,5-8H2,1-4H3. The van der Waals surface area contributed by atoms with Gasteiger partial charge in [-0.15, -0.1) is 0 Å². The molecule has 0 N–H and O–H groups in total. The van der Waals surface area contributed by atoms with E-state index in [1.807, 2.05) is 13.8 Å². The van der Waals surface area contributed by atoms with Crippen LogP contribution < -0.4 is 0 Å². The lowest BCUT2D eigenvalue weighted by molar-refractivity contribution is -0.135. The molecule has 0 fully saturated rings. The third-order valence-corrected chi connectivity index (χ3v) is 1.94. The van der Waals surface area contributed by atoms with Crippen molar-refractivity contribution in [1.82, 2.24) is 4.90 Å². The van der Waals surface area contributed by atoms with Crippen molar-refractivity contribution in [2.45, 2.75) is 13.8 Å². The zero-order valence-corrected chi connectivity index (χ0v) is 9.58. The number of nitrogens with zero attached hydrogens (tertiary/aromatic N) is 1. The molecule has 84 valence electrons. The highest BCUT2D eigenvalue weighted by Gasteiger charge is 2.15. The predicted molar refractivity (Wildman–Crippen MR) is 55.2 cm³/mol. The average Bonchev–Trinajstić information content (AvgIpc) is 2.17. The molecule has 0 spiro atoms. The van der Waals surface area contributed by atoms with Crippen LogP contribution in [0.15, 0.2) is 0 Å². The van der Waals surface area contributed by atoms with Crippen molar-refractivity contribution in [3.8, 4) is 0 Å². The zero-order valence-electron chi connectivity index (χ0n) is 9.58. The number of methoxy groups -OCH3 is 2. The first-order valence-electron chi connectivity index (χ1n) is 4.90. The first kappa shape index (κ1) is 13.4. The molecule has 0 aliphatic rings. The molecule has 0 atom stereocenters. The summed E-state index contributed by atoms with van der Waals surface area (Å²) in [7, 11) is 3.27. The molecule has 0 radical (unpaired) electrons. The number of hydrogen-bond donors (Lipinski definition) is 0. The molecule has 0 saturated carbocycles. The minimum absolute atomic E-state index is 0.0312. The Kier molecular flexibility index (Phi) is 7.42. The lowest BCUT2D eigenvalue weighted by Crippen LogP contribution is -2.38. The number of ether oxygens (including phenoxy) is 2. The van der Waals surface area contributed by atoms with E-state index in [-0.39, 0.29) is 11.8 Å². The quantitative estimate of drug-likeness (QED) is 0.613. The Balaban J connectivity index is 4.01. The molecule has 0 bridgehead atoms. The van der Waals surface area contributed by atoms with Gasteiger partial charge in [-0.25, -0.2) is 0 Å². The van der Waals surface area contributed by atoms with Crippen molar-refractivity contribution in [2.75, 3.05) is 40.5 Å². The minimum atomic E-state index is 0.0312. The van der Waals surface area contributed by atoms with Crippen molar-refractivity contribution >= 4 is 5.91 Å². The van der Waals surface area contributed by atoms with Gasteiger partial charge < -0.3 is 14.4 Å². The topological polar surface area (TPSA) is 38.8 Å². The van der Waals surface area contributed by atoms with Gasteiger partial charge >= 0.3 is 0 Å². The Morgan fingerprint density at radius 2 is 1.57 bits per heavy atom. The van der Waals surface area contributed by atoms with E-state index < -0.39 is 0 Å². The van der Waals surface area contributed by atoms with Crippen LogP contribution in [0.3, 0.4) is 0 Å². The van der Waals surface area contributed by atoms with Crippen LogP contribution in [-0.4, -0.2) is 51.3 Å². The van der Waals surface area contributed by atoms with Gasteiger partial charge in [0, 0.05) is 33.2 Å². The smallest absolute Gasteiger partial charge is 0.225 e. The molecule has 0 saturated heterocycles. The SMILES string of the molecule is COCCN(CCOC)C(=O)C(C)C. The molecule has 1 amide bonds. The molecular weight excluding hydrogens is 182 g/mol. The fourth-order valence-corrected chi connectivity index (χ4v) is 1.10. The summed E-state index contributed by atoms with van der Waals surface area (Å²) in [6.45, 7) is 6.21. The van der Waals surface area contributed by atoms with Crippen LogP contribution in [0.25, 0.3) is 0 Å². The summed E-state index contributed by atoms with van der Waals surface area (Å²) >= 11 is 0. The second-order valence-electron chi connectivity index (χ2n) is 3.47. The Morgan fingerprint density at radius 3 is 1.86 bits per heavy atom. The average molecular weight is 203 g/mol. The van der Waals surface area contributed by atoms with Gasteiger partial charge in [-0.2, -0.15) is 0 Å². The van der Waals surface area contributed by atoms with E-state index in [9.17, 15) is 4.79 Å². The van der Waals surface area contributed by atoms with Gasteiger partial charge in [0.2, 0.25) is 5.91 Å². The second-order valence-corrected chi connectivity index (χ2v) is 3.47. The van der Waals surface area contributed by atoms with Gasteiger partial charge in [0.1, 0.15) is 0 Å². The van der Waals surface area contributed by atoms with Crippen molar-refractivity contribution in [3.05, 3.63) is 0 Å². The third kappa shape index (κ3) is 5.19. The fourth-order valence-electron chi connectivity index (χ4n) is 1.10. The van der Waals surface area contributed by atoms with Crippen LogP contribution in [0, 0.1) is 5.92 Å². The summed E-state index contributed by atoms with van der Waals surface area (Å²) in [4.78, 5) is 13.4. The second kappa shape index (κ2) is 7.76. The van der Waals surface area contributed by atoms with Gasteiger partial charge in [0.05, 0.1) is 13.2 Å². The lowest BCUT2D eigenvalue weighted by atomic mass is 10.2. The predicted octanol–water partition coefficient (Wildman–Crippen LogP) is 0.764. The minimum Gasteiger partial charge on any atom is -0.383 e. The van der Waals surface area contributed by atoms with Crippen LogP contribution in [0.1, 0.15) is 13.8 Å². The summed E-state index contributed by atoms with van der Waals surface area (Å²) in [6.07, 6.45) is 0. The lowest BCUT2D eigenvalue weighted by Gasteiger charge is -2.23. The highest BCUT2D eigenvalue weighted by Crippen LogP contribution is 2.01. The Bertz CT molecular complexity index is 151. The van der Waals surface area contributed by atoms with Crippen molar-refractivity contribution in [3.63, 3.8) is 0 Å². The Labute approximate surface area is 86.2 Å². The number of hydrogen-bond acceptors (Lipinski definition) is 3. The molecule has 0 unspecified atom stereocenters. The van der Waals surface area contributed by atoms with Crippen LogP contribution >= 0.6 is 0 Å². The summed E-state index contributed by atoms with van der Waals surface area (Å²) in [5, 5.41) is 0. The number of carbonyl (C=O) groups is 1. The molecule has 4 heteroatoms. The highest BCUT2D eigenvalue weighted by atomic mass is 16.5. The number of carbonyl (C=O) groups excluding carboxylic acids is 1. The van der Waals surface area contributed by atoms with Crippen LogP contribution in [0.2, 0.25) is 0 Å². The van der Waals surface area contributed by atoms with Gasteiger partial charge in [-0.3, -0.25) is 4.79 Å². The Morgan fingerprint density at radius 1 is 1.14 bits per heavy atom. The molecule has 0 aromatic heterocycles. The molecular formula is C10H21NO3. The van der Waals surface area contributed by atoms with Crippen LogP contribution in [0.4, 0.5) is 0 Å². The summed E-state index contributed by atoms with van der Waals surface area (Å²) < 4.78 is 9.89. The molecule has 0 aliphatic carbocycles. The van der Waals surface area contributed by atoms with Crippen molar-refractivity contribution in [2.24, 2.45) is 5.92 Å². The first-order chi connectivity index (χ1) is 6.63.